The Hall–Kier alpha value is -4.53. The van der Waals surface area contributed by atoms with Gasteiger partial charge in [-0.3, -0.25) is 14.4 Å². The normalized spacial score (nSPS) is 12.8. The highest BCUT2D eigenvalue weighted by Gasteiger charge is 2.29. The molecular weight excluding hydrogens is 861 g/mol. The van der Waals surface area contributed by atoms with Crippen LogP contribution < -0.4 is 26.2 Å². The summed E-state index contributed by atoms with van der Waals surface area (Å²) in [7, 11) is -3.93. The minimum atomic E-state index is -3.93. The largest absolute Gasteiger partial charge is 0.451 e. The average molecular weight is 920 g/mol. The second kappa shape index (κ2) is 31.3. The first-order valence-corrected chi connectivity index (χ1v) is 21.4. The van der Waals surface area contributed by atoms with Crippen molar-refractivity contribution in [3.8, 4) is 11.5 Å². The van der Waals surface area contributed by atoms with Crippen molar-refractivity contribution in [2.75, 3.05) is 106 Å². The number of nitrogens with two attached hydrogens (primary N) is 2. The van der Waals surface area contributed by atoms with Crippen molar-refractivity contribution in [1.82, 2.24) is 10.0 Å². The van der Waals surface area contributed by atoms with Crippen LogP contribution in [0.15, 0.2) is 51.9 Å². The number of ketones is 1. The summed E-state index contributed by atoms with van der Waals surface area (Å²) < 4.78 is 100.0. The van der Waals surface area contributed by atoms with Crippen molar-refractivity contribution in [2.45, 2.75) is 43.8 Å². The van der Waals surface area contributed by atoms with Crippen LogP contribution in [0.1, 0.15) is 32.3 Å². The summed E-state index contributed by atoms with van der Waals surface area (Å²) in [6, 6.07) is 6.79. The van der Waals surface area contributed by atoms with Crippen LogP contribution in [0.3, 0.4) is 0 Å². The lowest BCUT2D eigenvalue weighted by molar-refractivity contribution is -0.145. The topological polar surface area (TPSA) is 288 Å². The van der Waals surface area contributed by atoms with E-state index in [2.05, 4.69) is 15.0 Å². The molecule has 8 N–H and O–H groups in total. The molecule has 2 aromatic carbocycles. The number of aliphatic imine (C=N–C) groups is 1. The summed E-state index contributed by atoms with van der Waals surface area (Å²) in [6.07, 6.45) is -2.24. The molecule has 0 heterocycles. The highest BCUT2D eigenvalue weighted by molar-refractivity contribution is 7.89. The standard InChI is InChI=1S/C40H59F2N5O15S/c1-3-55-13-10-45-39(52)36(50)35(49)34(48)5-4-12-56-15-17-58-19-21-60-23-24-61-22-20-59-18-16-57-14-11-46-63(53,54)31-8-6-30(7-9-31)62-37-32(41)26-29(27-33(37)42)25-28(2)38(51)47-40(43)44/h6-9,25-27,35-36,46,49-50H,3-5,10-24H2,1-2H3,(H,45,52)(H4,43,44,47,51)/b28-25+/t35-,36+/m0/s1. The molecule has 0 saturated heterocycles. The number of benzene rings is 2. The van der Waals surface area contributed by atoms with E-state index in [1.54, 1.807) is 6.92 Å². The third kappa shape index (κ3) is 23.1. The van der Waals surface area contributed by atoms with E-state index >= 15 is 0 Å². The predicted octanol–water partition coefficient (Wildman–Crippen LogP) is 0.562. The van der Waals surface area contributed by atoms with Crippen molar-refractivity contribution < 1.29 is 79.7 Å². The molecule has 0 fully saturated rings. The molecule has 2 atom stereocenters. The fourth-order valence-electron chi connectivity index (χ4n) is 4.93. The van der Waals surface area contributed by atoms with E-state index < -0.39 is 63.2 Å². The van der Waals surface area contributed by atoms with Gasteiger partial charge in [-0.25, -0.2) is 21.9 Å². The first-order chi connectivity index (χ1) is 30.2. The van der Waals surface area contributed by atoms with Gasteiger partial charge in [0.05, 0.1) is 84.2 Å². The van der Waals surface area contributed by atoms with Gasteiger partial charge in [0.2, 0.25) is 10.0 Å². The van der Waals surface area contributed by atoms with Crippen LogP contribution in [0.5, 0.6) is 11.5 Å². The fourth-order valence-corrected chi connectivity index (χ4v) is 5.94. The molecule has 0 saturated carbocycles. The number of halogens is 2. The number of carbonyl (C=O) groups excluding carboxylic acids is 3. The van der Waals surface area contributed by atoms with Crippen LogP contribution in [-0.2, 0) is 57.6 Å². The average Bonchev–Trinajstić information content (AvgIpc) is 3.24. The molecule has 20 nitrogen and oxygen atoms in total. The molecule has 0 aliphatic rings. The van der Waals surface area contributed by atoms with Crippen LogP contribution in [0.25, 0.3) is 6.08 Å². The van der Waals surface area contributed by atoms with Gasteiger partial charge in [-0.1, -0.05) is 0 Å². The molecule has 2 amide bonds. The fraction of sp³-hybridized carbons (Fsp3) is 0.550. The number of nitrogens with zero attached hydrogens (tertiary/aromatic N) is 1. The number of nitrogens with one attached hydrogen (secondary N) is 2. The Bertz CT molecular complexity index is 1830. The van der Waals surface area contributed by atoms with E-state index in [4.69, 9.17) is 49.4 Å². The van der Waals surface area contributed by atoms with Crippen molar-refractivity contribution in [3.63, 3.8) is 0 Å². The third-order valence-corrected chi connectivity index (χ3v) is 9.56. The van der Waals surface area contributed by atoms with Gasteiger partial charge in [0.15, 0.2) is 35.2 Å². The molecule has 0 aromatic heterocycles. The second-order valence-electron chi connectivity index (χ2n) is 13.1. The number of hydrogen-bond acceptors (Lipinski definition) is 15. The Kier molecular flexibility index (Phi) is 27.2. The van der Waals surface area contributed by atoms with Crippen LogP contribution in [-0.4, -0.2) is 160 Å². The van der Waals surface area contributed by atoms with Gasteiger partial charge < -0.3 is 64.9 Å². The maximum atomic E-state index is 14.7. The van der Waals surface area contributed by atoms with E-state index in [1.165, 1.54) is 37.3 Å². The van der Waals surface area contributed by atoms with E-state index in [0.29, 0.717) is 59.3 Å². The first kappa shape index (κ1) is 54.6. The number of aliphatic hydroxyl groups is 2. The van der Waals surface area contributed by atoms with Crippen molar-refractivity contribution in [3.05, 3.63) is 59.2 Å². The summed E-state index contributed by atoms with van der Waals surface area (Å²) in [5.41, 5.74) is 10.4. The SMILES string of the molecule is CCOCCNC(=O)[C@H](O)[C@@H](O)C(=O)CCCOCCOCCOCCOCCOCCOCCNS(=O)(=O)c1ccc(Oc2c(F)cc(/C=C(\C)C(=O)N=C(N)N)cc2F)cc1. The lowest BCUT2D eigenvalue weighted by atomic mass is 10.1. The molecule has 0 aliphatic heterocycles. The summed E-state index contributed by atoms with van der Waals surface area (Å²) in [6.45, 7) is 7.43. The van der Waals surface area contributed by atoms with Gasteiger partial charge in [-0.2, -0.15) is 4.99 Å². The number of sulfonamides is 1. The molecule has 23 heteroatoms. The van der Waals surface area contributed by atoms with Gasteiger partial charge in [0.25, 0.3) is 11.8 Å². The quantitative estimate of drug-likeness (QED) is 0.0238. The Morgan fingerprint density at radius 1 is 0.746 bits per heavy atom. The molecule has 0 spiro atoms. The number of carbonyl (C=O) groups is 3. The van der Waals surface area contributed by atoms with Gasteiger partial charge in [0, 0.05) is 38.3 Å². The van der Waals surface area contributed by atoms with E-state index in [0.717, 1.165) is 12.1 Å². The number of amides is 2. The molecule has 0 radical (unpaired) electrons. The zero-order valence-corrected chi connectivity index (χ0v) is 36.2. The van der Waals surface area contributed by atoms with Crippen LogP contribution in [0.4, 0.5) is 8.78 Å². The minimum Gasteiger partial charge on any atom is -0.451 e. The number of rotatable bonds is 35. The van der Waals surface area contributed by atoms with Crippen LogP contribution in [0.2, 0.25) is 0 Å². The first-order valence-electron chi connectivity index (χ1n) is 20.0. The van der Waals surface area contributed by atoms with Gasteiger partial charge in [0.1, 0.15) is 11.9 Å². The zero-order valence-electron chi connectivity index (χ0n) is 35.4. The number of ether oxygens (including phenoxy) is 8. The highest BCUT2D eigenvalue weighted by Crippen LogP contribution is 2.30. The molecule has 2 rings (SSSR count). The maximum absolute atomic E-state index is 14.7. The summed E-state index contributed by atoms with van der Waals surface area (Å²) in [5, 5.41) is 22.1. The molecule has 63 heavy (non-hydrogen) atoms. The molecule has 0 bridgehead atoms. The Balaban J connectivity index is 1.45. The lowest BCUT2D eigenvalue weighted by Crippen LogP contribution is -2.46. The molecule has 2 aromatic rings. The van der Waals surface area contributed by atoms with Gasteiger partial charge in [-0.15, -0.1) is 0 Å². The third-order valence-electron chi connectivity index (χ3n) is 8.08. The maximum Gasteiger partial charge on any atom is 0.275 e. The van der Waals surface area contributed by atoms with Crippen molar-refractivity contribution in [2.24, 2.45) is 16.5 Å². The highest BCUT2D eigenvalue weighted by atomic mass is 32.2. The molecular formula is C40H59F2N5O15S. The van der Waals surface area contributed by atoms with Crippen LogP contribution in [0, 0.1) is 11.6 Å². The molecule has 0 unspecified atom stereocenters. The van der Waals surface area contributed by atoms with Crippen LogP contribution >= 0.6 is 0 Å². The monoisotopic (exact) mass is 919 g/mol. The number of guanidine groups is 1. The smallest absolute Gasteiger partial charge is 0.275 e. The number of aliphatic hydroxyl groups excluding tert-OH is 2. The Morgan fingerprint density at radius 3 is 1.75 bits per heavy atom. The van der Waals surface area contributed by atoms with E-state index in [1.807, 2.05) is 0 Å². The van der Waals surface area contributed by atoms with Crippen molar-refractivity contribution in [1.29, 1.82) is 0 Å². The van der Waals surface area contributed by atoms with Gasteiger partial charge >= 0.3 is 0 Å². The summed E-state index contributed by atoms with van der Waals surface area (Å²) >= 11 is 0. The molecule has 0 aliphatic carbocycles. The Labute approximate surface area is 365 Å². The minimum absolute atomic E-state index is 0.0190. The van der Waals surface area contributed by atoms with Gasteiger partial charge in [-0.05, 0) is 68.3 Å². The predicted molar refractivity (Wildman–Crippen MR) is 223 cm³/mol. The second-order valence-corrected chi connectivity index (χ2v) is 14.8. The number of hydrogen-bond donors (Lipinski definition) is 6. The van der Waals surface area contributed by atoms with Crippen molar-refractivity contribution >= 4 is 39.7 Å². The lowest BCUT2D eigenvalue weighted by Gasteiger charge is -2.16. The molecule has 354 valence electrons. The van der Waals surface area contributed by atoms with E-state index in [9.17, 15) is 41.8 Å². The van der Waals surface area contributed by atoms with E-state index in [-0.39, 0.29) is 80.9 Å². The number of Topliss-reactive ketones (excluding diaryl/α,β-unsaturated/α-hetero) is 1. The zero-order chi connectivity index (χ0) is 46.5. The Morgan fingerprint density at radius 2 is 1.24 bits per heavy atom. The summed E-state index contributed by atoms with van der Waals surface area (Å²) in [4.78, 5) is 39.0. The summed E-state index contributed by atoms with van der Waals surface area (Å²) in [5.74, 6) is -5.63.